The predicted octanol–water partition coefficient (Wildman–Crippen LogP) is 3.43. The van der Waals surface area contributed by atoms with E-state index in [1.165, 1.54) is 0 Å². The van der Waals surface area contributed by atoms with Crippen molar-refractivity contribution < 1.29 is 14.6 Å². The van der Waals surface area contributed by atoms with E-state index in [1.54, 1.807) is 12.1 Å². The largest absolute Gasteiger partial charge is 0.507 e. The van der Waals surface area contributed by atoms with Gasteiger partial charge in [0.05, 0.1) is 11.1 Å². The van der Waals surface area contributed by atoms with E-state index >= 15 is 0 Å². The minimum absolute atomic E-state index is 0.00532. The van der Waals surface area contributed by atoms with Gasteiger partial charge in [0.2, 0.25) is 5.91 Å². The molecule has 0 aliphatic carbocycles. The number of carbonyl (C=O) groups excluding carboxylic acids is 1. The van der Waals surface area contributed by atoms with Crippen LogP contribution in [0.5, 0.6) is 5.75 Å². The third kappa shape index (κ3) is 4.12. The number of nitrogens with zero attached hydrogens (tertiary/aromatic N) is 3. The summed E-state index contributed by atoms with van der Waals surface area (Å²) >= 11 is 0. The summed E-state index contributed by atoms with van der Waals surface area (Å²) in [5.41, 5.74) is 2.61. The fourth-order valence-corrected chi connectivity index (χ4v) is 4.58. The Kier molecular flexibility index (Phi) is 5.66. The van der Waals surface area contributed by atoms with Gasteiger partial charge in [0.15, 0.2) is 5.82 Å². The van der Waals surface area contributed by atoms with Gasteiger partial charge in [-0.1, -0.05) is 18.2 Å². The van der Waals surface area contributed by atoms with Crippen molar-refractivity contribution in [2.45, 2.75) is 32.3 Å². The Morgan fingerprint density at radius 1 is 1.22 bits per heavy atom. The number of hydrogen-bond donors (Lipinski definition) is 2. The van der Waals surface area contributed by atoms with E-state index in [9.17, 15) is 9.90 Å². The summed E-state index contributed by atoms with van der Waals surface area (Å²) in [5.74, 6) is 1.92. The van der Waals surface area contributed by atoms with Gasteiger partial charge in [0, 0.05) is 31.6 Å². The Labute approximate surface area is 187 Å². The number of anilines is 1. The topological polar surface area (TPSA) is 87.6 Å². The van der Waals surface area contributed by atoms with E-state index in [4.69, 9.17) is 14.7 Å². The van der Waals surface area contributed by atoms with Gasteiger partial charge in [0.25, 0.3) is 0 Å². The molecule has 0 saturated carbocycles. The number of aromatic nitrogens is 2. The van der Waals surface area contributed by atoms with Gasteiger partial charge in [-0.3, -0.25) is 4.79 Å². The van der Waals surface area contributed by atoms with Crippen LogP contribution in [0.3, 0.4) is 0 Å². The number of amides is 1. The smallest absolute Gasteiger partial charge is 0.249 e. The van der Waals surface area contributed by atoms with Crippen LogP contribution in [0, 0.1) is 12.8 Å². The van der Waals surface area contributed by atoms with Crippen LogP contribution in [-0.4, -0.2) is 53.3 Å². The van der Waals surface area contributed by atoms with E-state index in [0.717, 1.165) is 54.6 Å². The highest BCUT2D eigenvalue weighted by atomic mass is 16.5. The third-order valence-electron chi connectivity index (χ3n) is 6.35. The maximum Gasteiger partial charge on any atom is 0.249 e. The highest BCUT2D eigenvalue weighted by Gasteiger charge is 2.28. The average molecular weight is 433 g/mol. The second-order valence-electron chi connectivity index (χ2n) is 8.76. The molecule has 0 spiro atoms. The van der Waals surface area contributed by atoms with Crippen LogP contribution >= 0.6 is 0 Å². The molecule has 7 heteroatoms. The fourth-order valence-electron chi connectivity index (χ4n) is 4.58. The molecule has 2 aromatic carbocycles. The summed E-state index contributed by atoms with van der Waals surface area (Å²) in [7, 11) is 0. The van der Waals surface area contributed by atoms with E-state index in [2.05, 4.69) is 28.4 Å². The number of phenolic OH excluding ortho intramolecular Hbond substituents is 1. The molecule has 3 aromatic rings. The first-order valence-electron chi connectivity index (χ1n) is 11.3. The van der Waals surface area contributed by atoms with Crippen molar-refractivity contribution in [3.8, 4) is 17.1 Å². The van der Waals surface area contributed by atoms with Crippen molar-refractivity contribution >= 4 is 22.6 Å². The molecular formula is C25H28N4O3. The zero-order valence-electron chi connectivity index (χ0n) is 18.3. The van der Waals surface area contributed by atoms with Crippen LogP contribution in [0.1, 0.15) is 24.8 Å². The molecule has 2 saturated heterocycles. The van der Waals surface area contributed by atoms with Crippen molar-refractivity contribution in [1.82, 2.24) is 15.3 Å². The third-order valence-corrected chi connectivity index (χ3v) is 6.35. The van der Waals surface area contributed by atoms with Crippen LogP contribution < -0.4 is 10.2 Å². The minimum Gasteiger partial charge on any atom is -0.507 e. The Morgan fingerprint density at radius 2 is 2.09 bits per heavy atom. The van der Waals surface area contributed by atoms with E-state index in [-0.39, 0.29) is 17.8 Å². The predicted molar refractivity (Wildman–Crippen MR) is 124 cm³/mol. The first-order chi connectivity index (χ1) is 15.6. The maximum atomic E-state index is 12.3. The average Bonchev–Trinajstić information content (AvgIpc) is 3.49. The van der Waals surface area contributed by atoms with Gasteiger partial charge in [0.1, 0.15) is 17.7 Å². The Bertz CT molecular complexity index is 1140. The normalized spacial score (nSPS) is 20.7. The van der Waals surface area contributed by atoms with Crippen molar-refractivity contribution in [3.63, 3.8) is 0 Å². The summed E-state index contributed by atoms with van der Waals surface area (Å²) in [6.45, 7) is 5.04. The lowest BCUT2D eigenvalue weighted by molar-refractivity contribution is -0.130. The SMILES string of the molecule is Cc1ccc2c(N3CC[C@H](CNC(=O)[C@H]4CCCO4)C3)nc(-c3ccccc3O)nc2c1. The van der Waals surface area contributed by atoms with Crippen LogP contribution in [0.4, 0.5) is 5.82 Å². The molecule has 3 heterocycles. The van der Waals surface area contributed by atoms with Crippen LogP contribution in [-0.2, 0) is 9.53 Å². The zero-order valence-corrected chi connectivity index (χ0v) is 18.3. The van der Waals surface area contributed by atoms with Crippen molar-refractivity contribution in [2.24, 2.45) is 5.92 Å². The molecule has 0 unspecified atom stereocenters. The monoisotopic (exact) mass is 432 g/mol. The van der Waals surface area contributed by atoms with Gasteiger partial charge in [-0.05, 0) is 61.9 Å². The van der Waals surface area contributed by atoms with Crippen LogP contribution in [0.15, 0.2) is 42.5 Å². The zero-order chi connectivity index (χ0) is 22.1. The molecule has 7 nitrogen and oxygen atoms in total. The lowest BCUT2D eigenvalue weighted by atomic mass is 10.1. The molecule has 2 fully saturated rings. The molecule has 166 valence electrons. The second-order valence-corrected chi connectivity index (χ2v) is 8.76. The molecular weight excluding hydrogens is 404 g/mol. The van der Waals surface area contributed by atoms with E-state index < -0.39 is 0 Å². The standard InChI is InChI=1S/C25H28N4O3/c1-16-8-9-18-20(13-16)27-23(19-5-2-3-6-21(19)30)28-24(18)29-11-10-17(15-29)14-26-25(31)22-7-4-12-32-22/h2-3,5-6,8-9,13,17,22,30H,4,7,10-12,14-15H2,1H3,(H,26,31)/t17-,22-/m1/s1. The van der Waals surface area contributed by atoms with Crippen molar-refractivity contribution in [1.29, 1.82) is 0 Å². The number of aryl methyl sites for hydroxylation is 1. The summed E-state index contributed by atoms with van der Waals surface area (Å²) in [4.78, 5) is 24.2. The van der Waals surface area contributed by atoms with Crippen LogP contribution in [0.25, 0.3) is 22.3 Å². The van der Waals surface area contributed by atoms with Crippen molar-refractivity contribution in [3.05, 3.63) is 48.0 Å². The second kappa shape index (κ2) is 8.74. The molecule has 0 radical (unpaired) electrons. The van der Waals surface area contributed by atoms with E-state index in [0.29, 0.717) is 30.5 Å². The summed E-state index contributed by atoms with van der Waals surface area (Å²) in [5, 5.41) is 14.4. The molecule has 0 bridgehead atoms. The van der Waals surface area contributed by atoms with Crippen LogP contribution in [0.2, 0.25) is 0 Å². The van der Waals surface area contributed by atoms with Gasteiger partial charge in [-0.2, -0.15) is 0 Å². The van der Waals surface area contributed by atoms with Crippen molar-refractivity contribution in [2.75, 3.05) is 31.1 Å². The number of carbonyl (C=O) groups is 1. The quantitative estimate of drug-likeness (QED) is 0.642. The molecule has 32 heavy (non-hydrogen) atoms. The highest BCUT2D eigenvalue weighted by molar-refractivity contribution is 5.92. The number of phenols is 1. The summed E-state index contributed by atoms with van der Waals surface area (Å²) < 4.78 is 5.48. The molecule has 1 aromatic heterocycles. The highest BCUT2D eigenvalue weighted by Crippen LogP contribution is 2.33. The number of hydrogen-bond acceptors (Lipinski definition) is 6. The Balaban J connectivity index is 1.39. The number of rotatable bonds is 5. The number of ether oxygens (including phenoxy) is 1. The van der Waals surface area contributed by atoms with Gasteiger partial charge < -0.3 is 20.1 Å². The first kappa shape index (κ1) is 20.7. The minimum atomic E-state index is -0.289. The molecule has 2 atom stereocenters. The first-order valence-corrected chi connectivity index (χ1v) is 11.3. The molecule has 5 rings (SSSR count). The van der Waals surface area contributed by atoms with Gasteiger partial charge in [-0.15, -0.1) is 0 Å². The number of benzene rings is 2. The molecule has 2 N–H and O–H groups in total. The Hall–Kier alpha value is -3.19. The maximum absolute atomic E-state index is 12.3. The van der Waals surface area contributed by atoms with E-state index in [1.807, 2.05) is 19.1 Å². The Morgan fingerprint density at radius 3 is 2.91 bits per heavy atom. The molecule has 2 aliphatic rings. The molecule has 1 amide bonds. The van der Waals surface area contributed by atoms with Gasteiger partial charge >= 0.3 is 0 Å². The number of nitrogens with one attached hydrogen (secondary N) is 1. The lowest BCUT2D eigenvalue weighted by Crippen LogP contribution is -2.37. The fraction of sp³-hybridized carbons (Fsp3) is 0.400. The number of aromatic hydroxyl groups is 1. The summed E-state index contributed by atoms with van der Waals surface area (Å²) in [6.07, 6.45) is 2.45. The van der Waals surface area contributed by atoms with Gasteiger partial charge in [-0.25, -0.2) is 9.97 Å². The summed E-state index contributed by atoms with van der Waals surface area (Å²) in [6, 6.07) is 13.4. The number of fused-ring (bicyclic) bond motifs is 1. The number of para-hydroxylation sites is 1. The lowest BCUT2D eigenvalue weighted by Gasteiger charge is -2.21. The molecule has 2 aliphatic heterocycles.